The third kappa shape index (κ3) is 4.69. The average Bonchev–Trinajstić information content (AvgIpc) is 3.21. The van der Waals surface area contributed by atoms with Crippen molar-refractivity contribution in [2.75, 3.05) is 0 Å². The van der Waals surface area contributed by atoms with Crippen LogP contribution in [0.5, 0.6) is 0 Å². The van der Waals surface area contributed by atoms with Crippen molar-refractivity contribution < 1.29 is 9.18 Å². The highest BCUT2D eigenvalue weighted by atomic mass is 19.1. The number of para-hydroxylation sites is 1. The van der Waals surface area contributed by atoms with Crippen molar-refractivity contribution in [1.29, 1.82) is 0 Å². The zero-order chi connectivity index (χ0) is 21.8. The Bertz CT molecular complexity index is 1190. The van der Waals surface area contributed by atoms with Gasteiger partial charge in [-0.3, -0.25) is 4.79 Å². The lowest BCUT2D eigenvalue weighted by Crippen LogP contribution is -2.25. The standard InChI is InChI=1S/C27H27FN2O/c1-3-20-7-5-9-23-25(17-30-27(20)23)24(21-8-4-6-18(2)14-21)15-26(31)29-16-19-10-12-22(28)13-11-19/h4-14,17,24,30H,3,15-16H2,1-2H3,(H,29,31)/t24-/m1/s1. The number of benzene rings is 3. The van der Waals surface area contributed by atoms with Gasteiger partial charge in [0.1, 0.15) is 5.82 Å². The Hall–Kier alpha value is -3.40. The van der Waals surface area contributed by atoms with E-state index >= 15 is 0 Å². The van der Waals surface area contributed by atoms with Gasteiger partial charge in [0.15, 0.2) is 0 Å². The monoisotopic (exact) mass is 414 g/mol. The second-order valence-electron chi connectivity index (χ2n) is 8.01. The predicted octanol–water partition coefficient (Wildman–Crippen LogP) is 6.02. The van der Waals surface area contributed by atoms with E-state index in [9.17, 15) is 9.18 Å². The van der Waals surface area contributed by atoms with Crippen LogP contribution >= 0.6 is 0 Å². The highest BCUT2D eigenvalue weighted by Gasteiger charge is 2.22. The van der Waals surface area contributed by atoms with Crippen LogP contribution < -0.4 is 5.32 Å². The van der Waals surface area contributed by atoms with Gasteiger partial charge in [-0.25, -0.2) is 4.39 Å². The molecule has 1 atom stereocenters. The molecule has 0 bridgehead atoms. The number of H-pyrrole nitrogens is 1. The summed E-state index contributed by atoms with van der Waals surface area (Å²) in [7, 11) is 0. The normalized spacial score (nSPS) is 12.1. The molecule has 0 fully saturated rings. The summed E-state index contributed by atoms with van der Waals surface area (Å²) in [6.45, 7) is 4.60. The summed E-state index contributed by atoms with van der Waals surface area (Å²) >= 11 is 0. The number of hydrogen-bond donors (Lipinski definition) is 2. The molecule has 0 aliphatic heterocycles. The van der Waals surface area contributed by atoms with Crippen LogP contribution in [-0.2, 0) is 17.8 Å². The van der Waals surface area contributed by atoms with E-state index < -0.39 is 0 Å². The van der Waals surface area contributed by atoms with Crippen LogP contribution in [0.25, 0.3) is 10.9 Å². The highest BCUT2D eigenvalue weighted by molar-refractivity contribution is 5.88. The molecular formula is C27H27FN2O. The summed E-state index contributed by atoms with van der Waals surface area (Å²) < 4.78 is 13.1. The first-order chi connectivity index (χ1) is 15.0. The SMILES string of the molecule is CCc1cccc2c([C@H](CC(=O)NCc3ccc(F)cc3)c3cccc(C)c3)c[nH]c12. The zero-order valence-electron chi connectivity index (χ0n) is 17.9. The number of nitrogens with one attached hydrogen (secondary N) is 2. The molecule has 0 radical (unpaired) electrons. The van der Waals surface area contributed by atoms with Crippen LogP contribution in [0, 0.1) is 12.7 Å². The lowest BCUT2D eigenvalue weighted by atomic mass is 9.87. The maximum Gasteiger partial charge on any atom is 0.221 e. The molecule has 4 heteroatoms. The van der Waals surface area contributed by atoms with E-state index in [0.29, 0.717) is 13.0 Å². The number of fused-ring (bicyclic) bond motifs is 1. The predicted molar refractivity (Wildman–Crippen MR) is 124 cm³/mol. The molecule has 0 unspecified atom stereocenters. The van der Waals surface area contributed by atoms with E-state index in [1.807, 2.05) is 12.3 Å². The Morgan fingerprint density at radius 1 is 1.06 bits per heavy atom. The van der Waals surface area contributed by atoms with Crippen molar-refractivity contribution in [3.63, 3.8) is 0 Å². The van der Waals surface area contributed by atoms with Gasteiger partial charge in [-0.2, -0.15) is 0 Å². The van der Waals surface area contributed by atoms with Crippen LogP contribution in [0.2, 0.25) is 0 Å². The van der Waals surface area contributed by atoms with E-state index in [4.69, 9.17) is 0 Å². The number of carbonyl (C=O) groups is 1. The van der Waals surface area contributed by atoms with Gasteiger partial charge in [0.25, 0.3) is 0 Å². The van der Waals surface area contributed by atoms with E-state index in [-0.39, 0.29) is 17.6 Å². The first kappa shape index (κ1) is 20.9. The fourth-order valence-corrected chi connectivity index (χ4v) is 4.18. The first-order valence-corrected chi connectivity index (χ1v) is 10.7. The highest BCUT2D eigenvalue weighted by Crippen LogP contribution is 2.35. The van der Waals surface area contributed by atoms with Crippen LogP contribution in [0.4, 0.5) is 4.39 Å². The molecule has 1 aromatic heterocycles. The molecule has 4 rings (SSSR count). The zero-order valence-corrected chi connectivity index (χ0v) is 17.9. The fourth-order valence-electron chi connectivity index (χ4n) is 4.18. The Kier molecular flexibility index (Phi) is 6.17. The molecule has 0 aliphatic carbocycles. The minimum absolute atomic E-state index is 0.0307. The van der Waals surface area contributed by atoms with Gasteiger partial charge in [0.2, 0.25) is 5.91 Å². The summed E-state index contributed by atoms with van der Waals surface area (Å²) in [5.41, 5.74) is 6.72. The maximum absolute atomic E-state index is 13.1. The van der Waals surface area contributed by atoms with E-state index in [0.717, 1.165) is 34.0 Å². The van der Waals surface area contributed by atoms with Gasteiger partial charge in [-0.05, 0) is 47.7 Å². The summed E-state index contributed by atoms with van der Waals surface area (Å²) in [5.74, 6) is -0.369. The molecule has 3 nitrogen and oxygen atoms in total. The van der Waals surface area contributed by atoms with Crippen molar-refractivity contribution in [3.8, 4) is 0 Å². The van der Waals surface area contributed by atoms with Crippen molar-refractivity contribution in [2.24, 2.45) is 0 Å². The molecular weight excluding hydrogens is 387 g/mol. The Morgan fingerprint density at radius 3 is 2.58 bits per heavy atom. The van der Waals surface area contributed by atoms with Gasteiger partial charge in [-0.1, -0.05) is 67.1 Å². The first-order valence-electron chi connectivity index (χ1n) is 10.7. The van der Waals surface area contributed by atoms with E-state index in [1.54, 1.807) is 12.1 Å². The third-order valence-electron chi connectivity index (χ3n) is 5.83. The van der Waals surface area contributed by atoms with Gasteiger partial charge in [-0.15, -0.1) is 0 Å². The molecule has 4 aromatic rings. The number of rotatable bonds is 7. The summed E-state index contributed by atoms with van der Waals surface area (Å²) in [5, 5.41) is 4.16. The number of aromatic nitrogens is 1. The summed E-state index contributed by atoms with van der Waals surface area (Å²) in [4.78, 5) is 16.4. The van der Waals surface area contributed by atoms with Crippen molar-refractivity contribution in [3.05, 3.63) is 107 Å². The van der Waals surface area contributed by atoms with Crippen LogP contribution in [0.15, 0.2) is 72.9 Å². The molecule has 0 saturated heterocycles. The minimum atomic E-state index is -0.277. The Balaban J connectivity index is 1.62. The second kappa shape index (κ2) is 9.17. The molecule has 1 amide bonds. The number of aromatic amines is 1. The van der Waals surface area contributed by atoms with Gasteiger partial charge in [0.05, 0.1) is 0 Å². The molecule has 31 heavy (non-hydrogen) atoms. The lowest BCUT2D eigenvalue weighted by Gasteiger charge is -2.18. The topological polar surface area (TPSA) is 44.9 Å². The van der Waals surface area contributed by atoms with Crippen LogP contribution in [0.1, 0.15) is 47.1 Å². The van der Waals surface area contributed by atoms with Crippen molar-refractivity contribution in [1.82, 2.24) is 10.3 Å². The Morgan fingerprint density at radius 2 is 1.84 bits per heavy atom. The number of amides is 1. The number of hydrogen-bond acceptors (Lipinski definition) is 1. The lowest BCUT2D eigenvalue weighted by molar-refractivity contribution is -0.121. The number of carbonyl (C=O) groups excluding carboxylic acids is 1. The van der Waals surface area contributed by atoms with E-state index in [2.05, 4.69) is 60.5 Å². The molecule has 1 heterocycles. The average molecular weight is 415 g/mol. The largest absolute Gasteiger partial charge is 0.361 e. The number of aryl methyl sites for hydroxylation is 2. The molecule has 158 valence electrons. The molecule has 0 spiro atoms. The maximum atomic E-state index is 13.1. The second-order valence-corrected chi connectivity index (χ2v) is 8.01. The van der Waals surface area contributed by atoms with Gasteiger partial charge in [0, 0.05) is 36.0 Å². The summed E-state index contributed by atoms with van der Waals surface area (Å²) in [6, 6.07) is 20.9. The molecule has 0 saturated carbocycles. The molecule has 3 aromatic carbocycles. The van der Waals surface area contributed by atoms with Crippen LogP contribution in [0.3, 0.4) is 0 Å². The number of halogens is 1. The molecule has 2 N–H and O–H groups in total. The van der Waals surface area contributed by atoms with E-state index in [1.165, 1.54) is 23.3 Å². The molecule has 0 aliphatic rings. The summed E-state index contributed by atoms with van der Waals surface area (Å²) in [6.07, 6.45) is 3.34. The smallest absolute Gasteiger partial charge is 0.221 e. The Labute approximate surface area is 182 Å². The fraction of sp³-hybridized carbons (Fsp3) is 0.222. The minimum Gasteiger partial charge on any atom is -0.361 e. The third-order valence-corrected chi connectivity index (χ3v) is 5.83. The van der Waals surface area contributed by atoms with Crippen molar-refractivity contribution >= 4 is 16.8 Å². The van der Waals surface area contributed by atoms with Crippen molar-refractivity contribution in [2.45, 2.75) is 39.2 Å². The van der Waals surface area contributed by atoms with Gasteiger partial charge < -0.3 is 10.3 Å². The van der Waals surface area contributed by atoms with Crippen LogP contribution in [-0.4, -0.2) is 10.9 Å². The quantitative estimate of drug-likeness (QED) is 0.382. The van der Waals surface area contributed by atoms with Gasteiger partial charge >= 0.3 is 0 Å².